The van der Waals surface area contributed by atoms with Gasteiger partial charge in [-0.25, -0.2) is 9.59 Å². The number of rotatable bonds is 11. The van der Waals surface area contributed by atoms with Gasteiger partial charge >= 0.3 is 11.9 Å². The standard InChI is InChI=1S/C23H36O5/c1-8-11-19(18(9-2)14-23(5,6)7)12-10-13-21(25)27-15-20(24)16-28-22(26)17(3)4/h8,10-13,18,20,24H,3,9,14-16H2,1-2,4-7H3/b11-8-,13-10+,19-12+. The zero-order valence-corrected chi connectivity index (χ0v) is 18.2. The largest absolute Gasteiger partial charge is 0.460 e. The van der Waals surface area contributed by atoms with Crippen molar-refractivity contribution in [2.75, 3.05) is 13.2 Å². The Hall–Kier alpha value is -2.14. The highest BCUT2D eigenvalue weighted by Crippen LogP contribution is 2.31. The van der Waals surface area contributed by atoms with Crippen LogP contribution in [0.4, 0.5) is 0 Å². The summed E-state index contributed by atoms with van der Waals surface area (Å²) in [4.78, 5) is 23.1. The lowest BCUT2D eigenvalue weighted by Crippen LogP contribution is -2.25. The average molecular weight is 393 g/mol. The molecule has 0 aliphatic heterocycles. The second kappa shape index (κ2) is 13.1. The number of aliphatic hydroxyl groups is 1. The smallest absolute Gasteiger partial charge is 0.333 e. The molecule has 0 radical (unpaired) electrons. The molecule has 1 N–H and O–H groups in total. The SMILES string of the molecule is C=C(C)C(=O)OCC(O)COC(=O)/C=C/C=C(\C=C/C)C(CC)CC(C)(C)C. The van der Waals surface area contributed by atoms with Crippen LogP contribution in [0.25, 0.3) is 0 Å². The molecule has 2 unspecified atom stereocenters. The molecule has 0 aromatic heterocycles. The molecule has 0 fully saturated rings. The third-order valence-corrected chi connectivity index (χ3v) is 3.88. The van der Waals surface area contributed by atoms with Gasteiger partial charge in [-0.3, -0.25) is 0 Å². The molecule has 2 atom stereocenters. The molecule has 0 spiro atoms. The van der Waals surface area contributed by atoms with Crippen LogP contribution < -0.4 is 0 Å². The second-order valence-corrected chi connectivity index (χ2v) is 8.06. The number of carbonyl (C=O) groups excluding carboxylic acids is 2. The van der Waals surface area contributed by atoms with E-state index < -0.39 is 18.0 Å². The molecule has 0 heterocycles. The Bertz CT molecular complexity index is 605. The molecule has 0 rings (SSSR count). The Morgan fingerprint density at radius 3 is 2.25 bits per heavy atom. The van der Waals surface area contributed by atoms with E-state index in [1.54, 1.807) is 6.08 Å². The van der Waals surface area contributed by atoms with Gasteiger partial charge in [-0.05, 0) is 43.6 Å². The van der Waals surface area contributed by atoms with E-state index >= 15 is 0 Å². The van der Waals surface area contributed by atoms with Crippen molar-refractivity contribution in [2.24, 2.45) is 11.3 Å². The minimum Gasteiger partial charge on any atom is -0.460 e. The summed E-state index contributed by atoms with van der Waals surface area (Å²) in [7, 11) is 0. The van der Waals surface area contributed by atoms with E-state index in [0.717, 1.165) is 18.4 Å². The van der Waals surface area contributed by atoms with Crippen molar-refractivity contribution >= 4 is 11.9 Å². The van der Waals surface area contributed by atoms with Crippen LogP contribution in [0.2, 0.25) is 0 Å². The van der Waals surface area contributed by atoms with Crippen molar-refractivity contribution in [1.29, 1.82) is 0 Å². The van der Waals surface area contributed by atoms with Crippen LogP contribution in [0.15, 0.2) is 48.1 Å². The molecule has 158 valence electrons. The summed E-state index contributed by atoms with van der Waals surface area (Å²) in [5, 5.41) is 9.70. The number of allylic oxidation sites excluding steroid dienone is 5. The molecular formula is C23H36O5. The zero-order chi connectivity index (χ0) is 21.7. The van der Waals surface area contributed by atoms with E-state index in [1.807, 2.05) is 19.1 Å². The lowest BCUT2D eigenvalue weighted by Gasteiger charge is -2.26. The van der Waals surface area contributed by atoms with Gasteiger partial charge in [0, 0.05) is 11.6 Å². The fourth-order valence-corrected chi connectivity index (χ4v) is 2.56. The van der Waals surface area contributed by atoms with Gasteiger partial charge in [0.15, 0.2) is 0 Å². The van der Waals surface area contributed by atoms with Gasteiger partial charge in [-0.15, -0.1) is 0 Å². The summed E-state index contributed by atoms with van der Waals surface area (Å²) in [6, 6.07) is 0. The molecule has 0 aromatic rings. The number of carbonyl (C=O) groups is 2. The topological polar surface area (TPSA) is 72.8 Å². The molecule has 0 saturated carbocycles. The van der Waals surface area contributed by atoms with Crippen LogP contribution in [-0.2, 0) is 19.1 Å². The predicted octanol–water partition coefficient (Wildman–Crippen LogP) is 4.53. The second-order valence-electron chi connectivity index (χ2n) is 8.06. The minimum atomic E-state index is -1.08. The van der Waals surface area contributed by atoms with E-state index in [2.05, 4.69) is 40.3 Å². The Labute approximate surface area is 169 Å². The highest BCUT2D eigenvalue weighted by atomic mass is 16.6. The van der Waals surface area contributed by atoms with Crippen LogP contribution in [0, 0.1) is 11.3 Å². The quantitative estimate of drug-likeness (QED) is 0.318. The number of ether oxygens (including phenoxy) is 2. The van der Waals surface area contributed by atoms with Crippen molar-refractivity contribution in [3.05, 3.63) is 48.1 Å². The molecule has 0 amide bonds. The van der Waals surface area contributed by atoms with Gasteiger partial charge in [0.05, 0.1) is 0 Å². The third kappa shape index (κ3) is 12.3. The van der Waals surface area contributed by atoms with E-state index in [4.69, 9.17) is 9.47 Å². The van der Waals surface area contributed by atoms with Crippen LogP contribution in [0.3, 0.4) is 0 Å². The number of aliphatic hydroxyl groups excluding tert-OH is 1. The Kier molecular flexibility index (Phi) is 12.1. The van der Waals surface area contributed by atoms with Crippen molar-refractivity contribution in [2.45, 2.75) is 60.5 Å². The fourth-order valence-electron chi connectivity index (χ4n) is 2.56. The number of hydrogen-bond donors (Lipinski definition) is 1. The summed E-state index contributed by atoms with van der Waals surface area (Å²) < 4.78 is 9.77. The van der Waals surface area contributed by atoms with Gasteiger partial charge in [-0.2, -0.15) is 0 Å². The predicted molar refractivity (Wildman–Crippen MR) is 113 cm³/mol. The molecule has 0 saturated heterocycles. The van der Waals surface area contributed by atoms with E-state index in [0.29, 0.717) is 5.92 Å². The maximum Gasteiger partial charge on any atom is 0.333 e. The first-order chi connectivity index (χ1) is 13.0. The van der Waals surface area contributed by atoms with Crippen LogP contribution in [0.5, 0.6) is 0 Å². The van der Waals surface area contributed by atoms with Crippen LogP contribution in [-0.4, -0.2) is 36.4 Å². The van der Waals surface area contributed by atoms with Crippen LogP contribution in [0.1, 0.15) is 54.4 Å². The third-order valence-electron chi connectivity index (χ3n) is 3.88. The first-order valence-electron chi connectivity index (χ1n) is 9.68. The van der Waals surface area contributed by atoms with Gasteiger partial charge < -0.3 is 14.6 Å². The lowest BCUT2D eigenvalue weighted by atomic mass is 9.79. The molecule has 5 nitrogen and oxygen atoms in total. The molecule has 28 heavy (non-hydrogen) atoms. The molecule has 0 bridgehead atoms. The molecule has 0 aliphatic carbocycles. The lowest BCUT2D eigenvalue weighted by molar-refractivity contribution is -0.146. The van der Waals surface area contributed by atoms with Crippen molar-refractivity contribution in [1.82, 2.24) is 0 Å². The summed E-state index contributed by atoms with van der Waals surface area (Å²) in [5.41, 5.74) is 1.62. The van der Waals surface area contributed by atoms with Gasteiger partial charge in [-0.1, -0.05) is 58.6 Å². The maximum absolute atomic E-state index is 11.8. The Balaban J connectivity index is 4.70. The normalized spacial score (nSPS) is 14.9. The monoisotopic (exact) mass is 392 g/mol. The molecule has 0 aromatic carbocycles. The van der Waals surface area contributed by atoms with E-state index in [9.17, 15) is 14.7 Å². The molecular weight excluding hydrogens is 356 g/mol. The van der Waals surface area contributed by atoms with Crippen molar-refractivity contribution in [3.8, 4) is 0 Å². The van der Waals surface area contributed by atoms with Gasteiger partial charge in [0.1, 0.15) is 19.3 Å². The zero-order valence-electron chi connectivity index (χ0n) is 18.2. The molecule has 5 heteroatoms. The Morgan fingerprint density at radius 1 is 1.14 bits per heavy atom. The number of hydrogen-bond acceptors (Lipinski definition) is 5. The number of esters is 2. The minimum absolute atomic E-state index is 0.216. The first-order valence-corrected chi connectivity index (χ1v) is 9.68. The fraction of sp³-hybridized carbons (Fsp3) is 0.565. The van der Waals surface area contributed by atoms with Gasteiger partial charge in [0.25, 0.3) is 0 Å². The summed E-state index contributed by atoms with van der Waals surface area (Å²) in [5.74, 6) is -0.750. The van der Waals surface area contributed by atoms with E-state index in [1.165, 1.54) is 13.0 Å². The maximum atomic E-state index is 11.8. The molecule has 0 aliphatic rings. The van der Waals surface area contributed by atoms with E-state index in [-0.39, 0.29) is 24.2 Å². The highest BCUT2D eigenvalue weighted by molar-refractivity contribution is 5.86. The summed E-state index contributed by atoms with van der Waals surface area (Å²) in [6.45, 7) is 15.2. The van der Waals surface area contributed by atoms with Crippen molar-refractivity contribution in [3.63, 3.8) is 0 Å². The van der Waals surface area contributed by atoms with Crippen LogP contribution >= 0.6 is 0 Å². The van der Waals surface area contributed by atoms with Gasteiger partial charge in [0.2, 0.25) is 0 Å². The van der Waals surface area contributed by atoms with Crippen molar-refractivity contribution < 1.29 is 24.2 Å². The summed E-state index contributed by atoms with van der Waals surface area (Å²) >= 11 is 0. The average Bonchev–Trinajstić information content (AvgIpc) is 2.60. The Morgan fingerprint density at radius 2 is 1.75 bits per heavy atom. The first kappa shape index (κ1) is 25.9. The summed E-state index contributed by atoms with van der Waals surface area (Å²) in [6.07, 6.45) is 9.95. The highest BCUT2D eigenvalue weighted by Gasteiger charge is 2.19.